The van der Waals surface area contributed by atoms with Crippen molar-refractivity contribution >= 4 is 28.4 Å². The molecular formula is C23H23N9O2. The van der Waals surface area contributed by atoms with Gasteiger partial charge in [-0.25, -0.2) is 9.97 Å². The minimum absolute atomic E-state index is 0.0682. The molecule has 172 valence electrons. The van der Waals surface area contributed by atoms with Crippen molar-refractivity contribution in [3.8, 4) is 11.1 Å². The van der Waals surface area contributed by atoms with Crippen LogP contribution in [-0.4, -0.2) is 55.1 Å². The zero-order valence-corrected chi connectivity index (χ0v) is 18.3. The molecule has 1 fully saturated rings. The normalized spacial score (nSPS) is 14.8. The van der Waals surface area contributed by atoms with Crippen molar-refractivity contribution in [2.24, 2.45) is 5.18 Å². The molecule has 0 bridgehead atoms. The lowest BCUT2D eigenvalue weighted by Crippen LogP contribution is -2.34. The average molecular weight is 457 g/mol. The Kier molecular flexibility index (Phi) is 5.91. The fraction of sp³-hybridized carbons (Fsp3) is 0.261. The number of nitrogens with zero attached hydrogens (tertiary/aromatic N) is 6. The van der Waals surface area contributed by atoms with E-state index < -0.39 is 0 Å². The minimum Gasteiger partial charge on any atom is -0.368 e. The SMILES string of the molecule is Nc1ncc(NC(=O)c2n[nH]c3ccc(-c4cncc(CN5CCC(N=O)CC5)c4)cc23)cn1. The number of hydrogen-bond acceptors (Lipinski definition) is 9. The van der Waals surface area contributed by atoms with Gasteiger partial charge in [0.05, 0.1) is 29.6 Å². The van der Waals surface area contributed by atoms with Gasteiger partial charge in [-0.2, -0.15) is 10.0 Å². The summed E-state index contributed by atoms with van der Waals surface area (Å²) in [5.41, 5.74) is 9.90. The molecule has 0 saturated carbocycles. The highest BCUT2D eigenvalue weighted by Crippen LogP contribution is 2.27. The van der Waals surface area contributed by atoms with E-state index in [9.17, 15) is 9.70 Å². The maximum absolute atomic E-state index is 12.8. The second-order valence-corrected chi connectivity index (χ2v) is 8.31. The third-order valence-corrected chi connectivity index (χ3v) is 5.95. The van der Waals surface area contributed by atoms with Crippen molar-refractivity contribution in [2.75, 3.05) is 24.1 Å². The molecule has 1 aliphatic heterocycles. The van der Waals surface area contributed by atoms with Gasteiger partial charge in [-0.15, -0.1) is 0 Å². The Balaban J connectivity index is 1.36. The van der Waals surface area contributed by atoms with Crippen LogP contribution in [0.5, 0.6) is 0 Å². The highest BCUT2D eigenvalue weighted by molar-refractivity contribution is 6.11. The molecule has 4 aromatic rings. The summed E-state index contributed by atoms with van der Waals surface area (Å²) >= 11 is 0. The molecule has 0 atom stereocenters. The Hall–Kier alpha value is -4.25. The van der Waals surface area contributed by atoms with Gasteiger partial charge in [0.25, 0.3) is 5.91 Å². The monoisotopic (exact) mass is 457 g/mol. The van der Waals surface area contributed by atoms with Gasteiger partial charge < -0.3 is 11.1 Å². The van der Waals surface area contributed by atoms with Crippen LogP contribution in [0, 0.1) is 4.91 Å². The predicted molar refractivity (Wildman–Crippen MR) is 128 cm³/mol. The van der Waals surface area contributed by atoms with Crippen LogP contribution in [0.3, 0.4) is 0 Å². The van der Waals surface area contributed by atoms with Crippen LogP contribution in [0.4, 0.5) is 11.6 Å². The Morgan fingerprint density at radius 2 is 1.91 bits per heavy atom. The van der Waals surface area contributed by atoms with Crippen LogP contribution in [0.15, 0.2) is 54.2 Å². The van der Waals surface area contributed by atoms with Crippen molar-refractivity contribution in [2.45, 2.75) is 25.4 Å². The standard InChI is InChI=1S/C23H23N9O2/c24-23-26-11-18(12-27-23)28-22(33)21-19-8-15(1-2-20(19)29-30-21)16-7-14(9-25-10-16)13-32-5-3-17(31-34)4-6-32/h1-2,7-12,17H,3-6,13H2,(H,28,33)(H,29,30)(H2,24,26,27). The number of hydrogen-bond donors (Lipinski definition) is 3. The number of carbonyl (C=O) groups is 1. The molecular weight excluding hydrogens is 434 g/mol. The summed E-state index contributed by atoms with van der Waals surface area (Å²) in [6.07, 6.45) is 8.13. The fourth-order valence-corrected chi connectivity index (χ4v) is 4.13. The van der Waals surface area contributed by atoms with Crippen molar-refractivity contribution < 1.29 is 4.79 Å². The first-order valence-electron chi connectivity index (χ1n) is 10.9. The van der Waals surface area contributed by atoms with Crippen molar-refractivity contribution in [1.82, 2.24) is 30.0 Å². The summed E-state index contributed by atoms with van der Waals surface area (Å²) in [4.78, 5) is 38.1. The van der Waals surface area contributed by atoms with Gasteiger partial charge in [-0.1, -0.05) is 11.2 Å². The van der Waals surface area contributed by atoms with E-state index in [0.717, 1.165) is 54.7 Å². The lowest BCUT2D eigenvalue weighted by molar-refractivity contribution is 0.102. The van der Waals surface area contributed by atoms with Crippen LogP contribution in [0.25, 0.3) is 22.0 Å². The number of H-pyrrole nitrogens is 1. The number of rotatable bonds is 6. The molecule has 34 heavy (non-hydrogen) atoms. The first kappa shape index (κ1) is 21.6. The van der Waals surface area contributed by atoms with Gasteiger partial charge in [0.15, 0.2) is 5.69 Å². The molecule has 11 nitrogen and oxygen atoms in total. The number of pyridine rings is 1. The molecule has 1 saturated heterocycles. The first-order chi connectivity index (χ1) is 16.6. The number of carbonyl (C=O) groups excluding carboxylic acids is 1. The van der Waals surface area contributed by atoms with E-state index in [2.05, 4.69) is 46.6 Å². The van der Waals surface area contributed by atoms with Gasteiger partial charge in [0.1, 0.15) is 0 Å². The largest absolute Gasteiger partial charge is 0.368 e. The maximum atomic E-state index is 12.8. The number of amides is 1. The average Bonchev–Trinajstić information content (AvgIpc) is 3.30. The summed E-state index contributed by atoms with van der Waals surface area (Å²) in [6.45, 7) is 2.45. The summed E-state index contributed by atoms with van der Waals surface area (Å²) in [7, 11) is 0. The number of fused-ring (bicyclic) bond motifs is 1. The van der Waals surface area contributed by atoms with Gasteiger partial charge in [0.2, 0.25) is 5.95 Å². The molecule has 0 aliphatic carbocycles. The Labute approximate surface area is 194 Å². The predicted octanol–water partition coefficient (Wildman–Crippen LogP) is 2.98. The molecule has 11 heteroatoms. The molecule has 0 spiro atoms. The smallest absolute Gasteiger partial charge is 0.276 e. The molecule has 1 amide bonds. The van der Waals surface area contributed by atoms with Crippen LogP contribution < -0.4 is 11.1 Å². The number of anilines is 2. The van der Waals surface area contributed by atoms with E-state index in [4.69, 9.17) is 5.73 Å². The third kappa shape index (κ3) is 4.59. The maximum Gasteiger partial charge on any atom is 0.276 e. The van der Waals surface area contributed by atoms with E-state index in [-0.39, 0.29) is 23.6 Å². The molecule has 1 aromatic carbocycles. The molecule has 0 radical (unpaired) electrons. The van der Waals surface area contributed by atoms with Crippen molar-refractivity contribution in [3.63, 3.8) is 0 Å². The summed E-state index contributed by atoms with van der Waals surface area (Å²) < 4.78 is 0. The molecule has 4 N–H and O–H groups in total. The van der Waals surface area contributed by atoms with E-state index in [0.29, 0.717) is 11.1 Å². The van der Waals surface area contributed by atoms with Crippen LogP contribution in [0.1, 0.15) is 28.9 Å². The fourth-order valence-electron chi connectivity index (χ4n) is 4.13. The Morgan fingerprint density at radius 3 is 2.68 bits per heavy atom. The number of piperidine rings is 1. The molecule has 0 unspecified atom stereocenters. The number of nitrogens with one attached hydrogen (secondary N) is 2. The number of aromatic amines is 1. The molecule has 4 heterocycles. The number of nitrogens with two attached hydrogens (primary N) is 1. The molecule has 5 rings (SSSR count). The number of likely N-dealkylation sites (tertiary alicyclic amines) is 1. The third-order valence-electron chi connectivity index (χ3n) is 5.95. The Morgan fingerprint density at radius 1 is 1.12 bits per heavy atom. The molecule has 1 aliphatic rings. The topological polar surface area (TPSA) is 155 Å². The van der Waals surface area contributed by atoms with Gasteiger partial charge in [0, 0.05) is 43.0 Å². The lowest BCUT2D eigenvalue weighted by atomic mass is 10.0. The zero-order valence-electron chi connectivity index (χ0n) is 18.3. The number of aromatic nitrogens is 5. The van der Waals surface area contributed by atoms with Crippen molar-refractivity contribution in [1.29, 1.82) is 0 Å². The lowest BCUT2D eigenvalue weighted by Gasteiger charge is -2.28. The van der Waals surface area contributed by atoms with E-state index >= 15 is 0 Å². The van der Waals surface area contributed by atoms with E-state index in [1.165, 1.54) is 12.4 Å². The first-order valence-corrected chi connectivity index (χ1v) is 10.9. The second kappa shape index (κ2) is 9.32. The highest BCUT2D eigenvalue weighted by atomic mass is 16.3. The van der Waals surface area contributed by atoms with Crippen molar-refractivity contribution in [3.05, 3.63) is 65.2 Å². The quantitative estimate of drug-likeness (QED) is 0.373. The van der Waals surface area contributed by atoms with E-state index in [1.54, 1.807) is 6.20 Å². The summed E-state index contributed by atoms with van der Waals surface area (Å²) in [5.74, 6) is -0.247. The summed E-state index contributed by atoms with van der Waals surface area (Å²) in [5, 5.41) is 13.7. The Bertz CT molecular complexity index is 1330. The van der Waals surface area contributed by atoms with Gasteiger partial charge in [-0.05, 0) is 42.2 Å². The van der Waals surface area contributed by atoms with Crippen LogP contribution in [0.2, 0.25) is 0 Å². The molecule has 3 aromatic heterocycles. The zero-order chi connectivity index (χ0) is 23.5. The number of nitrogen functional groups attached to an aromatic ring is 1. The summed E-state index contributed by atoms with van der Waals surface area (Å²) in [6, 6.07) is 7.82. The number of benzene rings is 1. The second-order valence-electron chi connectivity index (χ2n) is 8.31. The van der Waals surface area contributed by atoms with E-state index in [1.807, 2.05) is 24.4 Å². The van der Waals surface area contributed by atoms with Crippen LogP contribution >= 0.6 is 0 Å². The van der Waals surface area contributed by atoms with Gasteiger partial charge in [-0.3, -0.25) is 19.8 Å². The van der Waals surface area contributed by atoms with Gasteiger partial charge >= 0.3 is 0 Å². The number of nitroso groups, excluding NO2 is 1. The minimum atomic E-state index is -0.378. The van der Waals surface area contributed by atoms with Crippen LogP contribution in [-0.2, 0) is 6.54 Å². The highest BCUT2D eigenvalue weighted by Gasteiger charge is 2.20.